The zero-order valence-corrected chi connectivity index (χ0v) is 18.6. The molecule has 0 saturated carbocycles. The molecule has 2 amide bonds. The van der Waals surface area contributed by atoms with Gasteiger partial charge in [-0.3, -0.25) is 4.79 Å². The lowest BCUT2D eigenvalue weighted by atomic mass is 10.0. The van der Waals surface area contributed by atoms with E-state index in [0.717, 1.165) is 5.56 Å². The minimum Gasteiger partial charge on any atom is -0.445 e. The molecule has 0 aliphatic carbocycles. The van der Waals surface area contributed by atoms with E-state index in [4.69, 9.17) is 9.47 Å². The summed E-state index contributed by atoms with van der Waals surface area (Å²) >= 11 is 0. The highest BCUT2D eigenvalue weighted by Gasteiger charge is 2.34. The Morgan fingerprint density at radius 1 is 1.03 bits per heavy atom. The zero-order valence-electron chi connectivity index (χ0n) is 18.6. The molecule has 0 spiro atoms. The Bertz CT molecular complexity index is 1330. The van der Waals surface area contributed by atoms with Crippen LogP contribution in [0.2, 0.25) is 0 Å². The number of amides is 2. The molecule has 0 radical (unpaired) electrons. The second-order valence-corrected chi connectivity index (χ2v) is 8.30. The number of esters is 1. The Labute approximate surface area is 200 Å². The third-order valence-electron chi connectivity index (χ3n) is 5.84. The van der Waals surface area contributed by atoms with Gasteiger partial charge in [-0.2, -0.15) is 0 Å². The maximum atomic E-state index is 14.5. The highest BCUT2D eigenvalue weighted by atomic mass is 19.1. The lowest BCUT2D eigenvalue weighted by molar-refractivity contribution is 0.0541. The first kappa shape index (κ1) is 22.3. The zero-order chi connectivity index (χ0) is 24.4. The molecule has 3 aromatic carbocycles. The number of rotatable bonds is 5. The fourth-order valence-electron chi connectivity index (χ4n) is 3.98. The summed E-state index contributed by atoms with van der Waals surface area (Å²) in [5.41, 5.74) is 2.40. The van der Waals surface area contributed by atoms with Crippen molar-refractivity contribution in [2.75, 3.05) is 13.1 Å². The topological polar surface area (TPSA) is 84.9 Å². The van der Waals surface area contributed by atoms with Crippen molar-refractivity contribution in [2.45, 2.75) is 12.6 Å². The highest BCUT2D eigenvalue weighted by Crippen LogP contribution is 2.31. The molecule has 0 atom stereocenters. The normalized spacial score (nSPS) is 15.9. The maximum Gasteiger partial charge on any atom is 0.407 e. The van der Waals surface area contributed by atoms with E-state index in [0.29, 0.717) is 22.4 Å². The summed E-state index contributed by atoms with van der Waals surface area (Å²) in [5.74, 6) is -1.24. The van der Waals surface area contributed by atoms with E-state index in [1.54, 1.807) is 30.3 Å². The van der Waals surface area contributed by atoms with Crippen LogP contribution in [0.1, 0.15) is 37.4 Å². The van der Waals surface area contributed by atoms with Crippen LogP contribution in [0.25, 0.3) is 11.8 Å². The number of hydrogen-bond donors (Lipinski definition) is 1. The van der Waals surface area contributed by atoms with E-state index in [-0.39, 0.29) is 31.3 Å². The number of halogens is 1. The molecule has 5 rings (SSSR count). The predicted molar refractivity (Wildman–Crippen MR) is 126 cm³/mol. The number of nitrogens with one attached hydrogen (secondary N) is 1. The first-order chi connectivity index (χ1) is 17.0. The van der Waals surface area contributed by atoms with E-state index in [1.807, 2.05) is 30.3 Å². The molecule has 2 aliphatic rings. The predicted octanol–water partition coefficient (Wildman–Crippen LogP) is 4.25. The van der Waals surface area contributed by atoms with Crippen LogP contribution >= 0.6 is 0 Å². The lowest BCUT2D eigenvalue weighted by Gasteiger charge is -2.39. The molecule has 0 unspecified atom stereocenters. The van der Waals surface area contributed by atoms with Crippen molar-refractivity contribution < 1.29 is 28.2 Å². The van der Waals surface area contributed by atoms with Crippen molar-refractivity contribution >= 4 is 29.8 Å². The first-order valence-electron chi connectivity index (χ1n) is 11.1. The summed E-state index contributed by atoms with van der Waals surface area (Å²) in [7, 11) is 0. The van der Waals surface area contributed by atoms with Gasteiger partial charge in [-0.1, -0.05) is 54.6 Å². The molecule has 35 heavy (non-hydrogen) atoms. The molecule has 176 valence electrons. The van der Waals surface area contributed by atoms with Crippen molar-refractivity contribution in [1.82, 2.24) is 10.2 Å². The molecule has 1 fully saturated rings. The van der Waals surface area contributed by atoms with Crippen LogP contribution in [-0.4, -0.2) is 42.0 Å². The van der Waals surface area contributed by atoms with Gasteiger partial charge in [0.2, 0.25) is 0 Å². The second-order valence-electron chi connectivity index (χ2n) is 8.30. The van der Waals surface area contributed by atoms with Crippen molar-refractivity contribution in [3.05, 3.63) is 106 Å². The van der Waals surface area contributed by atoms with Gasteiger partial charge in [-0.15, -0.1) is 0 Å². The molecule has 2 heterocycles. The molecule has 3 aromatic rings. The fourth-order valence-corrected chi connectivity index (χ4v) is 3.98. The number of hydrogen-bond acceptors (Lipinski definition) is 5. The second kappa shape index (κ2) is 9.42. The van der Waals surface area contributed by atoms with Gasteiger partial charge in [-0.25, -0.2) is 14.0 Å². The van der Waals surface area contributed by atoms with Gasteiger partial charge >= 0.3 is 12.1 Å². The van der Waals surface area contributed by atoms with Gasteiger partial charge < -0.3 is 19.7 Å². The van der Waals surface area contributed by atoms with E-state index in [2.05, 4.69) is 5.32 Å². The molecule has 0 bridgehead atoms. The average Bonchev–Trinajstić information content (AvgIpc) is 3.16. The third-order valence-corrected chi connectivity index (χ3v) is 5.84. The minimum atomic E-state index is -0.653. The van der Waals surface area contributed by atoms with Gasteiger partial charge in [0.15, 0.2) is 0 Å². The summed E-state index contributed by atoms with van der Waals surface area (Å²) in [6.45, 7) is 0.638. The number of nitrogens with zero attached hydrogens (tertiary/aromatic N) is 1. The van der Waals surface area contributed by atoms with Crippen LogP contribution in [0.4, 0.5) is 9.18 Å². The monoisotopic (exact) mass is 472 g/mol. The Kier molecular flexibility index (Phi) is 6.01. The molecular formula is C27H21FN2O5. The van der Waals surface area contributed by atoms with Crippen molar-refractivity contribution in [1.29, 1.82) is 0 Å². The molecule has 7 nitrogen and oxygen atoms in total. The number of ether oxygens (including phenoxy) is 2. The first-order valence-corrected chi connectivity index (χ1v) is 11.1. The number of carbonyl (C=O) groups is 3. The summed E-state index contributed by atoms with van der Waals surface area (Å²) in [6, 6.07) is 20.1. The lowest BCUT2D eigenvalue weighted by Crippen LogP contribution is -2.61. The SMILES string of the molecule is O=C(NC1CN(C(=O)c2cc(/C=C3\OC(=O)c4ccccc43)ccc2F)C1)OCc1ccccc1. The van der Waals surface area contributed by atoms with Crippen LogP contribution in [-0.2, 0) is 16.1 Å². The third kappa shape index (κ3) is 4.77. The molecule has 1 saturated heterocycles. The Morgan fingerprint density at radius 2 is 1.74 bits per heavy atom. The van der Waals surface area contributed by atoms with E-state index < -0.39 is 23.8 Å². The van der Waals surface area contributed by atoms with Crippen LogP contribution in [0, 0.1) is 5.82 Å². The number of fused-ring (bicyclic) bond motifs is 1. The highest BCUT2D eigenvalue weighted by molar-refractivity contribution is 6.06. The molecule has 0 aromatic heterocycles. The van der Waals surface area contributed by atoms with E-state index in [9.17, 15) is 18.8 Å². The molecule has 2 aliphatic heterocycles. The van der Waals surface area contributed by atoms with Crippen molar-refractivity contribution in [3.63, 3.8) is 0 Å². The number of alkyl carbamates (subject to hydrolysis) is 1. The number of carbonyl (C=O) groups excluding carboxylic acids is 3. The van der Waals surface area contributed by atoms with Crippen LogP contribution < -0.4 is 5.32 Å². The quantitative estimate of drug-likeness (QED) is 0.562. The van der Waals surface area contributed by atoms with Gasteiger partial charge in [0.05, 0.1) is 17.2 Å². The smallest absolute Gasteiger partial charge is 0.407 e. The number of benzene rings is 3. The maximum absolute atomic E-state index is 14.5. The standard InChI is InChI=1S/C27H21FN2O5/c28-23-11-10-18(13-24-20-8-4-5-9-21(20)26(32)35-24)12-22(23)25(31)30-14-19(15-30)29-27(33)34-16-17-6-2-1-3-7-17/h1-13,19H,14-16H2,(H,29,33)/b24-13-. The van der Waals surface area contributed by atoms with E-state index >= 15 is 0 Å². The van der Waals surface area contributed by atoms with Crippen LogP contribution in [0.3, 0.4) is 0 Å². The van der Waals surface area contributed by atoms with Crippen LogP contribution in [0.15, 0.2) is 72.8 Å². The largest absolute Gasteiger partial charge is 0.445 e. The van der Waals surface area contributed by atoms with Gasteiger partial charge in [0.1, 0.15) is 18.2 Å². The number of cyclic esters (lactones) is 1. The molecule has 1 N–H and O–H groups in total. The Balaban J connectivity index is 1.20. The Morgan fingerprint density at radius 3 is 2.51 bits per heavy atom. The fraction of sp³-hybridized carbons (Fsp3) is 0.148. The minimum absolute atomic E-state index is 0.0953. The van der Waals surface area contributed by atoms with Crippen molar-refractivity contribution in [3.8, 4) is 0 Å². The molecule has 8 heteroatoms. The van der Waals surface area contributed by atoms with Gasteiger partial charge in [0, 0.05) is 18.7 Å². The Hall–Kier alpha value is -4.46. The van der Waals surface area contributed by atoms with Gasteiger partial charge in [0.25, 0.3) is 5.91 Å². The average molecular weight is 472 g/mol. The summed E-state index contributed by atoms with van der Waals surface area (Å²) in [5, 5.41) is 2.70. The van der Waals surface area contributed by atoms with Gasteiger partial charge in [-0.05, 0) is 35.4 Å². The summed E-state index contributed by atoms with van der Waals surface area (Å²) < 4.78 is 25.0. The van der Waals surface area contributed by atoms with Crippen molar-refractivity contribution in [2.24, 2.45) is 0 Å². The summed E-state index contributed by atoms with van der Waals surface area (Å²) in [6.07, 6.45) is 1.03. The summed E-state index contributed by atoms with van der Waals surface area (Å²) in [4.78, 5) is 38.3. The molecular weight excluding hydrogens is 451 g/mol. The van der Waals surface area contributed by atoms with E-state index in [1.165, 1.54) is 23.1 Å². The number of likely N-dealkylation sites (tertiary alicyclic amines) is 1. The van der Waals surface area contributed by atoms with Crippen LogP contribution in [0.5, 0.6) is 0 Å².